The van der Waals surface area contributed by atoms with Crippen LogP contribution in [0.15, 0.2) is 42.5 Å². The summed E-state index contributed by atoms with van der Waals surface area (Å²) in [6.07, 6.45) is 1.20. The van der Waals surface area contributed by atoms with Crippen molar-refractivity contribution in [1.82, 2.24) is 19.6 Å². The highest BCUT2D eigenvalue weighted by Crippen LogP contribution is 2.26. The van der Waals surface area contributed by atoms with Crippen LogP contribution in [0.4, 0.5) is 0 Å². The lowest BCUT2D eigenvalue weighted by atomic mass is 9.97. The molecule has 0 amide bonds. The van der Waals surface area contributed by atoms with Gasteiger partial charge in [0.1, 0.15) is 0 Å². The van der Waals surface area contributed by atoms with Gasteiger partial charge in [-0.3, -0.25) is 14.7 Å². The van der Waals surface area contributed by atoms with E-state index in [0.29, 0.717) is 0 Å². The van der Waals surface area contributed by atoms with Crippen LogP contribution in [0.5, 0.6) is 0 Å². The summed E-state index contributed by atoms with van der Waals surface area (Å²) in [7, 11) is 2.19. The standard InChI is InChI=1S/C27H37N5O/c1-29-9-2-10-31(12-11-29)22-24-5-8-27(26(19-24)20-28)25-6-3-23(4-7-25)21-32-15-13-30(14-16-32)17-18-33/h3-8,19,33H,2,9-18,21-22H2,1H3. The molecule has 0 saturated carbocycles. The number of piperazine rings is 1. The first-order valence-corrected chi connectivity index (χ1v) is 12.2. The zero-order valence-electron chi connectivity index (χ0n) is 19.9. The maximum absolute atomic E-state index is 9.82. The number of nitriles is 1. The highest BCUT2D eigenvalue weighted by atomic mass is 16.3. The Morgan fingerprint density at radius 2 is 1.42 bits per heavy atom. The molecule has 0 aromatic heterocycles. The monoisotopic (exact) mass is 447 g/mol. The molecule has 0 aliphatic carbocycles. The van der Waals surface area contributed by atoms with Gasteiger partial charge in [-0.15, -0.1) is 0 Å². The van der Waals surface area contributed by atoms with Crippen molar-refractivity contribution in [3.05, 3.63) is 59.2 Å². The maximum atomic E-state index is 9.82. The van der Waals surface area contributed by atoms with E-state index in [4.69, 9.17) is 5.11 Å². The van der Waals surface area contributed by atoms with Gasteiger partial charge in [0, 0.05) is 58.9 Å². The van der Waals surface area contributed by atoms with E-state index < -0.39 is 0 Å². The summed E-state index contributed by atoms with van der Waals surface area (Å²) >= 11 is 0. The summed E-state index contributed by atoms with van der Waals surface area (Å²) in [5.74, 6) is 0. The Balaban J connectivity index is 1.38. The Labute approximate surface area is 198 Å². The number of rotatable bonds is 7. The van der Waals surface area contributed by atoms with Crippen LogP contribution in [-0.4, -0.2) is 97.3 Å². The van der Waals surface area contributed by atoms with Gasteiger partial charge >= 0.3 is 0 Å². The molecule has 2 aliphatic rings. The highest BCUT2D eigenvalue weighted by molar-refractivity contribution is 5.71. The summed E-state index contributed by atoms with van der Waals surface area (Å²) in [4.78, 5) is 9.68. The first kappa shape index (κ1) is 23.9. The average Bonchev–Trinajstić information content (AvgIpc) is 3.05. The summed E-state index contributed by atoms with van der Waals surface area (Å²) in [6.45, 7) is 11.4. The number of nitrogens with zero attached hydrogens (tertiary/aromatic N) is 5. The minimum atomic E-state index is 0.239. The minimum absolute atomic E-state index is 0.239. The Kier molecular flexibility index (Phi) is 8.49. The molecule has 33 heavy (non-hydrogen) atoms. The van der Waals surface area contributed by atoms with Crippen molar-refractivity contribution in [2.75, 3.05) is 72.6 Å². The molecule has 2 aromatic carbocycles. The lowest BCUT2D eigenvalue weighted by Gasteiger charge is -2.34. The second kappa shape index (κ2) is 11.7. The number of β-amino-alcohol motifs (C(OH)–C–C–N with tert-alkyl or cyclic N) is 1. The van der Waals surface area contributed by atoms with E-state index in [1.165, 1.54) is 17.5 Å². The van der Waals surface area contributed by atoms with Crippen molar-refractivity contribution in [1.29, 1.82) is 5.26 Å². The van der Waals surface area contributed by atoms with E-state index in [-0.39, 0.29) is 6.61 Å². The largest absolute Gasteiger partial charge is 0.395 e. The van der Waals surface area contributed by atoms with Gasteiger partial charge in [-0.1, -0.05) is 36.4 Å². The first-order chi connectivity index (χ1) is 16.1. The molecule has 0 atom stereocenters. The van der Waals surface area contributed by atoms with Crippen LogP contribution in [0.1, 0.15) is 23.1 Å². The van der Waals surface area contributed by atoms with Crippen LogP contribution >= 0.6 is 0 Å². The fourth-order valence-electron chi connectivity index (χ4n) is 4.91. The van der Waals surface area contributed by atoms with Gasteiger partial charge in [0.25, 0.3) is 0 Å². The number of likely N-dealkylation sites (N-methyl/N-ethyl adjacent to an activating group) is 1. The molecule has 2 saturated heterocycles. The molecule has 0 radical (unpaired) electrons. The van der Waals surface area contributed by atoms with Crippen LogP contribution < -0.4 is 0 Å². The number of benzene rings is 2. The summed E-state index contributed by atoms with van der Waals surface area (Å²) in [5.41, 5.74) is 5.40. The number of aliphatic hydroxyl groups is 1. The van der Waals surface area contributed by atoms with Gasteiger partial charge < -0.3 is 10.0 Å². The second-order valence-corrected chi connectivity index (χ2v) is 9.46. The van der Waals surface area contributed by atoms with Crippen LogP contribution in [0, 0.1) is 11.3 Å². The Bertz CT molecular complexity index is 931. The third-order valence-corrected chi connectivity index (χ3v) is 6.97. The van der Waals surface area contributed by atoms with Gasteiger partial charge in [-0.05, 0) is 54.9 Å². The minimum Gasteiger partial charge on any atom is -0.395 e. The van der Waals surface area contributed by atoms with E-state index in [0.717, 1.165) is 88.7 Å². The molecule has 2 aromatic rings. The van der Waals surface area contributed by atoms with Gasteiger partial charge in [0.2, 0.25) is 0 Å². The summed E-state index contributed by atoms with van der Waals surface area (Å²) < 4.78 is 0. The predicted octanol–water partition coefficient (Wildman–Crippen LogP) is 2.47. The van der Waals surface area contributed by atoms with Crippen molar-refractivity contribution in [2.45, 2.75) is 19.5 Å². The van der Waals surface area contributed by atoms with Crippen LogP contribution in [0.25, 0.3) is 11.1 Å². The summed E-state index contributed by atoms with van der Waals surface area (Å²) in [6, 6.07) is 17.5. The summed E-state index contributed by atoms with van der Waals surface area (Å²) in [5, 5.41) is 18.9. The van der Waals surface area contributed by atoms with Crippen molar-refractivity contribution in [2.24, 2.45) is 0 Å². The SMILES string of the molecule is CN1CCCN(Cc2ccc(-c3ccc(CN4CCN(CCO)CC4)cc3)c(C#N)c2)CC1. The van der Waals surface area contributed by atoms with Crippen molar-refractivity contribution >= 4 is 0 Å². The van der Waals surface area contributed by atoms with Crippen LogP contribution in [0.3, 0.4) is 0 Å². The van der Waals surface area contributed by atoms with Crippen molar-refractivity contribution in [3.8, 4) is 17.2 Å². The number of hydrogen-bond donors (Lipinski definition) is 1. The quantitative estimate of drug-likeness (QED) is 0.704. The van der Waals surface area contributed by atoms with Gasteiger partial charge in [0.05, 0.1) is 18.2 Å². The van der Waals surface area contributed by atoms with Crippen molar-refractivity contribution in [3.63, 3.8) is 0 Å². The first-order valence-electron chi connectivity index (χ1n) is 12.2. The molecule has 0 bridgehead atoms. The van der Waals surface area contributed by atoms with Crippen molar-refractivity contribution < 1.29 is 5.11 Å². The molecule has 1 N–H and O–H groups in total. The van der Waals surface area contributed by atoms with E-state index in [1.807, 2.05) is 0 Å². The lowest BCUT2D eigenvalue weighted by Crippen LogP contribution is -2.46. The van der Waals surface area contributed by atoms with Crippen LogP contribution in [0.2, 0.25) is 0 Å². The topological polar surface area (TPSA) is 57.0 Å². The maximum Gasteiger partial charge on any atom is 0.0998 e. The van der Waals surface area contributed by atoms with Gasteiger partial charge in [-0.25, -0.2) is 0 Å². The zero-order chi connectivity index (χ0) is 23.0. The third-order valence-electron chi connectivity index (χ3n) is 6.97. The van der Waals surface area contributed by atoms with E-state index in [9.17, 15) is 5.26 Å². The molecular formula is C27H37N5O. The second-order valence-electron chi connectivity index (χ2n) is 9.46. The lowest BCUT2D eigenvalue weighted by molar-refractivity contribution is 0.108. The molecule has 0 unspecified atom stereocenters. The zero-order valence-corrected chi connectivity index (χ0v) is 19.9. The van der Waals surface area contributed by atoms with Gasteiger partial charge in [0.15, 0.2) is 0 Å². The Morgan fingerprint density at radius 1 is 0.788 bits per heavy atom. The predicted molar refractivity (Wildman–Crippen MR) is 133 cm³/mol. The fraction of sp³-hybridized carbons (Fsp3) is 0.519. The molecule has 6 nitrogen and oxygen atoms in total. The molecular weight excluding hydrogens is 410 g/mol. The molecule has 2 fully saturated rings. The van der Waals surface area contributed by atoms with E-state index in [1.54, 1.807) is 0 Å². The molecule has 2 heterocycles. The average molecular weight is 448 g/mol. The smallest absolute Gasteiger partial charge is 0.0998 e. The van der Waals surface area contributed by atoms with Crippen LogP contribution in [-0.2, 0) is 13.1 Å². The number of aliphatic hydroxyl groups excluding tert-OH is 1. The van der Waals surface area contributed by atoms with Gasteiger partial charge in [-0.2, -0.15) is 5.26 Å². The molecule has 2 aliphatic heterocycles. The normalized spacial score (nSPS) is 19.3. The van der Waals surface area contributed by atoms with E-state index >= 15 is 0 Å². The van der Waals surface area contributed by atoms with E-state index in [2.05, 4.69) is 75.2 Å². The third kappa shape index (κ3) is 6.63. The Hall–Kier alpha value is -2.27. The highest BCUT2D eigenvalue weighted by Gasteiger charge is 2.17. The fourth-order valence-corrected chi connectivity index (χ4v) is 4.91. The molecule has 4 rings (SSSR count). The number of hydrogen-bond acceptors (Lipinski definition) is 6. The molecule has 0 spiro atoms. The molecule has 176 valence electrons. The molecule has 6 heteroatoms. The Morgan fingerprint density at radius 3 is 2.15 bits per heavy atom.